The van der Waals surface area contributed by atoms with Crippen molar-refractivity contribution >= 4 is 23.0 Å². The molecule has 0 spiro atoms. The minimum atomic E-state index is -4.42. The molecule has 29 heavy (non-hydrogen) atoms. The van der Waals surface area contributed by atoms with Crippen LogP contribution in [0.5, 0.6) is 5.75 Å². The van der Waals surface area contributed by atoms with Crippen LogP contribution in [0, 0.1) is 0 Å². The Labute approximate surface area is 171 Å². The lowest BCUT2D eigenvalue weighted by molar-refractivity contribution is -0.140. The van der Waals surface area contributed by atoms with Crippen molar-refractivity contribution < 1.29 is 17.9 Å². The number of thiazole rings is 1. The Kier molecular flexibility index (Phi) is 6.83. The minimum Gasteiger partial charge on any atom is -0.495 e. The number of nitrogens with zero attached hydrogens (tertiary/aromatic N) is 3. The van der Waals surface area contributed by atoms with Gasteiger partial charge < -0.3 is 20.3 Å². The van der Waals surface area contributed by atoms with Gasteiger partial charge in [-0.1, -0.05) is 12.1 Å². The first-order chi connectivity index (χ1) is 13.9. The number of hydrogen-bond acceptors (Lipinski definition) is 5. The fraction of sp³-hybridized carbons (Fsp3) is 0.474. The number of methoxy groups -OCH3 is 1. The standard InChI is InChI=1S/C19H24F3N5OS/c1-3-23-18(24-10-17-26-16(12-29-17)19(20,21)22)25-13-8-9-27(11-13)14-6-4-5-7-15(14)28-2/h4-7,12-13H,3,8-11H2,1-2H3,(H2,23,24,25). The molecule has 0 amide bonds. The maximum atomic E-state index is 12.7. The summed E-state index contributed by atoms with van der Waals surface area (Å²) in [5, 5.41) is 7.87. The smallest absolute Gasteiger partial charge is 0.434 e. The van der Waals surface area contributed by atoms with Crippen LogP contribution in [0.1, 0.15) is 24.0 Å². The van der Waals surface area contributed by atoms with Crippen LogP contribution in [-0.4, -0.2) is 43.7 Å². The van der Waals surface area contributed by atoms with Gasteiger partial charge in [0.1, 0.15) is 10.8 Å². The Hall–Kier alpha value is -2.49. The van der Waals surface area contributed by atoms with Crippen molar-refractivity contribution in [3.05, 3.63) is 40.3 Å². The predicted molar refractivity (Wildman–Crippen MR) is 109 cm³/mol. The molecule has 1 aromatic heterocycles. The molecule has 0 saturated carbocycles. The van der Waals surface area contributed by atoms with Crippen LogP contribution in [0.4, 0.5) is 18.9 Å². The molecule has 0 aliphatic carbocycles. The summed E-state index contributed by atoms with van der Waals surface area (Å²) < 4.78 is 43.5. The number of benzene rings is 1. The molecule has 1 atom stereocenters. The van der Waals surface area contributed by atoms with E-state index in [9.17, 15) is 13.2 Å². The van der Waals surface area contributed by atoms with Gasteiger partial charge in [0.15, 0.2) is 11.7 Å². The Morgan fingerprint density at radius 1 is 1.38 bits per heavy atom. The van der Waals surface area contributed by atoms with Crippen LogP contribution in [-0.2, 0) is 12.7 Å². The zero-order chi connectivity index (χ0) is 20.9. The molecule has 1 saturated heterocycles. The third-order valence-electron chi connectivity index (χ3n) is 4.51. The largest absolute Gasteiger partial charge is 0.495 e. The molecule has 158 valence electrons. The summed E-state index contributed by atoms with van der Waals surface area (Å²) in [5.74, 6) is 1.40. The van der Waals surface area contributed by atoms with Gasteiger partial charge in [0.25, 0.3) is 0 Å². The number of aliphatic imine (C=N–C) groups is 1. The number of rotatable bonds is 6. The highest BCUT2D eigenvalue weighted by Crippen LogP contribution is 2.31. The number of hydrogen-bond donors (Lipinski definition) is 2. The second-order valence-corrected chi connectivity index (χ2v) is 7.51. The lowest BCUT2D eigenvalue weighted by atomic mass is 10.2. The molecule has 10 heteroatoms. The summed E-state index contributed by atoms with van der Waals surface area (Å²) in [6, 6.07) is 8.05. The summed E-state index contributed by atoms with van der Waals surface area (Å²) in [7, 11) is 1.66. The number of nitrogens with one attached hydrogen (secondary N) is 2. The summed E-state index contributed by atoms with van der Waals surface area (Å²) in [6.45, 7) is 4.34. The zero-order valence-electron chi connectivity index (χ0n) is 16.3. The van der Waals surface area contributed by atoms with Gasteiger partial charge in [-0.2, -0.15) is 13.2 Å². The van der Waals surface area contributed by atoms with E-state index in [0.717, 1.165) is 47.7 Å². The number of ether oxygens (including phenoxy) is 1. The molecule has 6 nitrogen and oxygen atoms in total. The van der Waals surface area contributed by atoms with Crippen molar-refractivity contribution in [2.24, 2.45) is 4.99 Å². The average Bonchev–Trinajstić information content (AvgIpc) is 3.35. The minimum absolute atomic E-state index is 0.0963. The molecule has 1 fully saturated rings. The van der Waals surface area contributed by atoms with Crippen molar-refractivity contribution in [2.45, 2.75) is 32.1 Å². The van der Waals surface area contributed by atoms with Gasteiger partial charge >= 0.3 is 6.18 Å². The Balaban J connectivity index is 1.62. The van der Waals surface area contributed by atoms with E-state index in [0.29, 0.717) is 17.5 Å². The summed E-state index contributed by atoms with van der Waals surface area (Å²) in [4.78, 5) is 10.3. The fourth-order valence-electron chi connectivity index (χ4n) is 3.16. The molecule has 1 unspecified atom stereocenters. The summed E-state index contributed by atoms with van der Waals surface area (Å²) in [6.07, 6.45) is -3.51. The van der Waals surface area contributed by atoms with Gasteiger partial charge in [-0.15, -0.1) is 11.3 Å². The van der Waals surface area contributed by atoms with E-state index in [4.69, 9.17) is 4.74 Å². The van der Waals surface area contributed by atoms with Gasteiger partial charge in [-0.25, -0.2) is 9.98 Å². The number of para-hydroxylation sites is 2. The molecule has 2 heterocycles. The number of guanidine groups is 1. The van der Waals surface area contributed by atoms with E-state index in [2.05, 4.69) is 25.5 Å². The van der Waals surface area contributed by atoms with Gasteiger partial charge in [0.05, 0.1) is 19.3 Å². The molecule has 1 aromatic carbocycles. The van der Waals surface area contributed by atoms with Crippen molar-refractivity contribution in [2.75, 3.05) is 31.6 Å². The topological polar surface area (TPSA) is 61.8 Å². The molecule has 1 aliphatic rings. The summed E-state index contributed by atoms with van der Waals surface area (Å²) >= 11 is 0.965. The zero-order valence-corrected chi connectivity index (χ0v) is 17.1. The average molecular weight is 427 g/mol. The first kappa shape index (κ1) is 21.2. The lowest BCUT2D eigenvalue weighted by Gasteiger charge is -2.22. The molecule has 3 rings (SSSR count). The third kappa shape index (κ3) is 5.53. The van der Waals surface area contributed by atoms with Crippen LogP contribution < -0.4 is 20.3 Å². The molecule has 0 bridgehead atoms. The van der Waals surface area contributed by atoms with Crippen molar-refractivity contribution in [3.63, 3.8) is 0 Å². The van der Waals surface area contributed by atoms with E-state index >= 15 is 0 Å². The quantitative estimate of drug-likeness (QED) is 0.546. The predicted octanol–water partition coefficient (Wildman–Crippen LogP) is 3.50. The number of aromatic nitrogens is 1. The first-order valence-electron chi connectivity index (χ1n) is 9.35. The molecule has 0 radical (unpaired) electrons. The third-order valence-corrected chi connectivity index (χ3v) is 5.35. The van der Waals surface area contributed by atoms with Crippen LogP contribution in [0.25, 0.3) is 0 Å². The highest BCUT2D eigenvalue weighted by Gasteiger charge is 2.33. The molecule has 1 aliphatic heterocycles. The Bertz CT molecular complexity index is 839. The van der Waals surface area contributed by atoms with Gasteiger partial charge in [0.2, 0.25) is 0 Å². The second-order valence-electron chi connectivity index (χ2n) is 6.57. The molecule has 2 aromatic rings. The van der Waals surface area contributed by atoms with E-state index < -0.39 is 11.9 Å². The summed E-state index contributed by atoms with van der Waals surface area (Å²) in [5.41, 5.74) is 0.178. The van der Waals surface area contributed by atoms with E-state index in [-0.39, 0.29) is 12.6 Å². The van der Waals surface area contributed by atoms with Gasteiger partial charge in [0, 0.05) is 31.1 Å². The molecular weight excluding hydrogens is 403 g/mol. The van der Waals surface area contributed by atoms with Crippen LogP contribution in [0.15, 0.2) is 34.6 Å². The number of halogens is 3. The molecular formula is C19H24F3N5OS. The van der Waals surface area contributed by atoms with E-state index in [1.165, 1.54) is 0 Å². The van der Waals surface area contributed by atoms with Crippen molar-refractivity contribution in [3.8, 4) is 5.75 Å². The van der Waals surface area contributed by atoms with E-state index in [1.54, 1.807) is 7.11 Å². The number of alkyl halides is 3. The Morgan fingerprint density at radius 2 is 2.17 bits per heavy atom. The normalized spacial score (nSPS) is 17.5. The number of anilines is 1. The van der Waals surface area contributed by atoms with Crippen molar-refractivity contribution in [1.29, 1.82) is 0 Å². The monoisotopic (exact) mass is 427 g/mol. The first-order valence-corrected chi connectivity index (χ1v) is 10.2. The highest BCUT2D eigenvalue weighted by atomic mass is 32.1. The fourth-order valence-corrected chi connectivity index (χ4v) is 3.89. The van der Waals surface area contributed by atoms with Crippen molar-refractivity contribution in [1.82, 2.24) is 15.6 Å². The van der Waals surface area contributed by atoms with Crippen LogP contribution in [0.2, 0.25) is 0 Å². The highest BCUT2D eigenvalue weighted by molar-refractivity contribution is 7.09. The lowest BCUT2D eigenvalue weighted by Crippen LogP contribution is -2.44. The van der Waals surface area contributed by atoms with E-state index in [1.807, 2.05) is 31.2 Å². The van der Waals surface area contributed by atoms with Gasteiger partial charge in [-0.3, -0.25) is 0 Å². The van der Waals surface area contributed by atoms with Crippen LogP contribution in [0.3, 0.4) is 0 Å². The SMILES string of the molecule is CCNC(=NCc1nc(C(F)(F)F)cs1)NC1CCN(c2ccccc2OC)C1. The van der Waals surface area contributed by atoms with Crippen LogP contribution >= 0.6 is 11.3 Å². The van der Waals surface area contributed by atoms with Gasteiger partial charge in [-0.05, 0) is 25.5 Å². The molecule has 2 N–H and O–H groups in total. The second kappa shape index (κ2) is 9.34. The maximum absolute atomic E-state index is 12.7. The maximum Gasteiger partial charge on any atom is 0.434 e. The Morgan fingerprint density at radius 3 is 2.86 bits per heavy atom.